The molecule has 0 spiro atoms. The molecule has 3 rings (SSSR count). The largest absolute Gasteiger partial charge is 0.366 e. The molecule has 1 saturated heterocycles. The third kappa shape index (κ3) is 4.00. The molecule has 0 radical (unpaired) electrons. The van der Waals surface area contributed by atoms with Crippen molar-refractivity contribution in [3.05, 3.63) is 42.4 Å². The Balaban J connectivity index is 1.71. The van der Waals surface area contributed by atoms with Gasteiger partial charge in [0.05, 0.1) is 11.5 Å². The summed E-state index contributed by atoms with van der Waals surface area (Å²) in [6.07, 6.45) is 5.83. The Morgan fingerprint density at radius 3 is 2.71 bits per heavy atom. The first-order valence-electron chi connectivity index (χ1n) is 8.00. The van der Waals surface area contributed by atoms with Crippen molar-refractivity contribution in [1.82, 2.24) is 15.0 Å². The van der Waals surface area contributed by atoms with Gasteiger partial charge in [0.15, 0.2) is 9.84 Å². The minimum atomic E-state index is -2.93. The van der Waals surface area contributed by atoms with Crippen molar-refractivity contribution in [3.8, 4) is 0 Å². The normalized spacial score (nSPS) is 19.1. The van der Waals surface area contributed by atoms with E-state index in [-0.39, 0.29) is 17.5 Å². The van der Waals surface area contributed by atoms with Crippen molar-refractivity contribution < 1.29 is 8.42 Å². The van der Waals surface area contributed by atoms with Crippen LogP contribution < -0.4 is 10.2 Å². The van der Waals surface area contributed by atoms with Crippen LogP contribution >= 0.6 is 0 Å². The Bertz CT molecular complexity index is 782. The number of pyridine rings is 1. The van der Waals surface area contributed by atoms with Gasteiger partial charge in [-0.15, -0.1) is 0 Å². The van der Waals surface area contributed by atoms with Crippen molar-refractivity contribution in [3.63, 3.8) is 0 Å². The van der Waals surface area contributed by atoms with Gasteiger partial charge in [-0.05, 0) is 37.1 Å². The van der Waals surface area contributed by atoms with Crippen LogP contribution in [0.4, 0.5) is 11.8 Å². The Kier molecular flexibility index (Phi) is 4.94. The Labute approximate surface area is 142 Å². The smallest absolute Gasteiger partial charge is 0.227 e. The van der Waals surface area contributed by atoms with E-state index in [2.05, 4.69) is 20.3 Å². The van der Waals surface area contributed by atoms with Gasteiger partial charge in [0.2, 0.25) is 5.95 Å². The fourth-order valence-electron chi connectivity index (χ4n) is 2.86. The van der Waals surface area contributed by atoms with Crippen molar-refractivity contribution in [2.75, 3.05) is 28.3 Å². The number of hydrogen-bond acceptors (Lipinski definition) is 7. The Morgan fingerprint density at radius 1 is 1.25 bits per heavy atom. The minimum Gasteiger partial charge on any atom is -0.366 e. The molecular weight excluding hydrogens is 326 g/mol. The Morgan fingerprint density at radius 2 is 2.04 bits per heavy atom. The predicted octanol–water partition coefficient (Wildman–Crippen LogP) is 1.50. The van der Waals surface area contributed by atoms with Gasteiger partial charge in [0.1, 0.15) is 5.82 Å². The lowest BCUT2D eigenvalue weighted by Gasteiger charge is -2.26. The zero-order valence-corrected chi connectivity index (χ0v) is 14.4. The molecule has 1 atom stereocenters. The molecule has 1 aliphatic rings. The molecule has 1 aliphatic heterocycles. The van der Waals surface area contributed by atoms with E-state index in [1.807, 2.05) is 30.0 Å². The molecule has 1 fully saturated rings. The number of hydrogen-bond donors (Lipinski definition) is 1. The number of nitrogens with zero attached hydrogens (tertiary/aromatic N) is 4. The van der Waals surface area contributed by atoms with Crippen LogP contribution in [0.25, 0.3) is 0 Å². The van der Waals surface area contributed by atoms with Crippen LogP contribution in [0, 0.1) is 0 Å². The van der Waals surface area contributed by atoms with Gasteiger partial charge in [0, 0.05) is 37.7 Å². The maximum absolute atomic E-state index is 11.7. The molecule has 0 aliphatic carbocycles. The van der Waals surface area contributed by atoms with Crippen LogP contribution in [0.2, 0.25) is 0 Å². The highest BCUT2D eigenvalue weighted by Gasteiger charge is 2.32. The lowest BCUT2D eigenvalue weighted by molar-refractivity contribution is 0.599. The van der Waals surface area contributed by atoms with Gasteiger partial charge in [-0.3, -0.25) is 4.98 Å². The number of anilines is 2. The summed E-state index contributed by atoms with van der Waals surface area (Å²) < 4.78 is 23.5. The van der Waals surface area contributed by atoms with Crippen LogP contribution in [0.3, 0.4) is 0 Å². The molecule has 8 heteroatoms. The third-order valence-corrected chi connectivity index (χ3v) is 5.86. The minimum absolute atomic E-state index is 0.0459. The molecule has 2 aromatic rings. The maximum atomic E-state index is 11.7. The van der Waals surface area contributed by atoms with Gasteiger partial charge >= 0.3 is 0 Å². The van der Waals surface area contributed by atoms with Crippen molar-refractivity contribution in [2.24, 2.45) is 0 Å². The highest BCUT2D eigenvalue weighted by atomic mass is 32.2. The van der Waals surface area contributed by atoms with E-state index in [9.17, 15) is 8.42 Å². The van der Waals surface area contributed by atoms with E-state index >= 15 is 0 Å². The standard InChI is InChI=1S/C16H21N5O2S/c1-2-21(14-6-10-24(22,23)12-14)16-18-9-5-15(20-16)19-11-13-3-7-17-8-4-13/h3-5,7-9,14H,2,6,10-12H2,1H3,(H,18,19,20). The third-order valence-electron chi connectivity index (χ3n) is 4.11. The summed E-state index contributed by atoms with van der Waals surface area (Å²) in [5, 5.41) is 3.26. The number of sulfone groups is 1. The van der Waals surface area contributed by atoms with Gasteiger partial charge in [-0.2, -0.15) is 4.98 Å². The summed E-state index contributed by atoms with van der Waals surface area (Å²) in [4.78, 5) is 14.8. The molecule has 7 nitrogen and oxygen atoms in total. The van der Waals surface area contributed by atoms with E-state index in [1.165, 1.54) is 0 Å². The van der Waals surface area contributed by atoms with Gasteiger partial charge in [-0.1, -0.05) is 0 Å². The Hall–Kier alpha value is -2.22. The topological polar surface area (TPSA) is 88.1 Å². The van der Waals surface area contributed by atoms with Gasteiger partial charge in [0.25, 0.3) is 0 Å². The number of rotatable bonds is 6. The second-order valence-electron chi connectivity index (χ2n) is 5.79. The number of nitrogens with one attached hydrogen (secondary N) is 1. The van der Waals surface area contributed by atoms with Crippen molar-refractivity contribution in [2.45, 2.75) is 25.9 Å². The summed E-state index contributed by atoms with van der Waals surface area (Å²) in [6.45, 7) is 3.31. The molecule has 24 heavy (non-hydrogen) atoms. The summed E-state index contributed by atoms with van der Waals surface area (Å²) >= 11 is 0. The van der Waals surface area contributed by atoms with Gasteiger partial charge < -0.3 is 10.2 Å². The summed E-state index contributed by atoms with van der Waals surface area (Å²) in [7, 11) is -2.93. The summed E-state index contributed by atoms with van der Waals surface area (Å²) in [5.41, 5.74) is 1.11. The predicted molar refractivity (Wildman–Crippen MR) is 93.7 cm³/mol. The lowest BCUT2D eigenvalue weighted by Crippen LogP contribution is -2.37. The average molecular weight is 347 g/mol. The molecule has 1 N–H and O–H groups in total. The highest BCUT2D eigenvalue weighted by Crippen LogP contribution is 2.22. The molecule has 0 amide bonds. The van der Waals surface area contributed by atoms with Crippen LogP contribution in [-0.2, 0) is 16.4 Å². The SMILES string of the molecule is CCN(c1nccc(NCc2ccncc2)n1)C1CCS(=O)(=O)C1. The fourth-order valence-corrected chi connectivity index (χ4v) is 4.59. The zero-order chi connectivity index (χ0) is 17.0. The molecule has 3 heterocycles. The zero-order valence-electron chi connectivity index (χ0n) is 13.6. The monoisotopic (exact) mass is 347 g/mol. The number of aromatic nitrogens is 3. The molecule has 0 saturated carbocycles. The van der Waals surface area contributed by atoms with Crippen LogP contribution in [0.1, 0.15) is 18.9 Å². The molecule has 1 unspecified atom stereocenters. The summed E-state index contributed by atoms with van der Waals surface area (Å²) in [5.74, 6) is 1.71. The molecule has 128 valence electrons. The van der Waals surface area contributed by atoms with Gasteiger partial charge in [-0.25, -0.2) is 13.4 Å². The van der Waals surface area contributed by atoms with Crippen LogP contribution in [0.15, 0.2) is 36.8 Å². The van der Waals surface area contributed by atoms with E-state index < -0.39 is 9.84 Å². The van der Waals surface area contributed by atoms with Crippen LogP contribution in [0.5, 0.6) is 0 Å². The van der Waals surface area contributed by atoms with E-state index in [4.69, 9.17) is 0 Å². The second-order valence-corrected chi connectivity index (χ2v) is 8.02. The van der Waals surface area contributed by atoms with Crippen molar-refractivity contribution >= 4 is 21.6 Å². The quantitative estimate of drug-likeness (QED) is 0.847. The van der Waals surface area contributed by atoms with E-state index in [0.29, 0.717) is 25.5 Å². The first-order chi connectivity index (χ1) is 11.6. The molecule has 0 aromatic carbocycles. The first kappa shape index (κ1) is 16.6. The molecule has 0 bridgehead atoms. The first-order valence-corrected chi connectivity index (χ1v) is 9.82. The fraction of sp³-hybridized carbons (Fsp3) is 0.438. The van der Waals surface area contributed by atoms with Crippen LogP contribution in [-0.4, -0.2) is 47.5 Å². The maximum Gasteiger partial charge on any atom is 0.227 e. The molecular formula is C16H21N5O2S. The average Bonchev–Trinajstić information content (AvgIpc) is 2.95. The highest BCUT2D eigenvalue weighted by molar-refractivity contribution is 7.91. The van der Waals surface area contributed by atoms with E-state index in [0.717, 1.165) is 11.4 Å². The molecule has 2 aromatic heterocycles. The second kappa shape index (κ2) is 7.12. The summed E-state index contributed by atoms with van der Waals surface area (Å²) in [6, 6.07) is 5.65. The van der Waals surface area contributed by atoms with E-state index in [1.54, 1.807) is 18.6 Å². The lowest BCUT2D eigenvalue weighted by atomic mass is 10.2. The van der Waals surface area contributed by atoms with Crippen molar-refractivity contribution in [1.29, 1.82) is 0 Å².